The predicted molar refractivity (Wildman–Crippen MR) is 47.1 cm³/mol. The Bertz CT molecular complexity index is 248. The summed E-state index contributed by atoms with van der Waals surface area (Å²) < 4.78 is 4.97. The van der Waals surface area contributed by atoms with Gasteiger partial charge in [-0.1, -0.05) is 17.7 Å². The van der Waals surface area contributed by atoms with Crippen LogP contribution in [0.3, 0.4) is 0 Å². The van der Waals surface area contributed by atoms with Gasteiger partial charge < -0.3 is 9.42 Å². The van der Waals surface area contributed by atoms with E-state index in [2.05, 4.69) is 0 Å². The molecule has 0 aliphatic rings. The molecule has 0 radical (unpaired) electrons. The highest BCUT2D eigenvalue weighted by atomic mass is 31.1. The Morgan fingerprint density at radius 3 is 2.64 bits per heavy atom. The summed E-state index contributed by atoms with van der Waals surface area (Å²) in [5, 5.41) is 0. The van der Waals surface area contributed by atoms with Gasteiger partial charge in [-0.05, 0) is 25.5 Å². The van der Waals surface area contributed by atoms with E-state index < -0.39 is 9.03 Å². The smallest absolute Gasteiger partial charge is 0.212 e. The van der Waals surface area contributed by atoms with Crippen molar-refractivity contribution in [2.24, 2.45) is 0 Å². The van der Waals surface area contributed by atoms with Crippen molar-refractivity contribution in [2.45, 2.75) is 13.8 Å². The molecule has 0 saturated carbocycles. The number of benzene rings is 1. The molecule has 2 nitrogen and oxygen atoms in total. The second-order valence-corrected chi connectivity index (χ2v) is 2.85. The van der Waals surface area contributed by atoms with Crippen LogP contribution < -0.4 is 4.52 Å². The number of rotatable bonds is 2. The van der Waals surface area contributed by atoms with E-state index in [0.29, 0.717) is 0 Å². The minimum atomic E-state index is -0.472. The van der Waals surface area contributed by atoms with Crippen LogP contribution >= 0.6 is 9.03 Å². The van der Waals surface area contributed by atoms with E-state index in [9.17, 15) is 0 Å². The zero-order chi connectivity index (χ0) is 8.27. The first kappa shape index (κ1) is 8.51. The van der Waals surface area contributed by atoms with Crippen LogP contribution in [0.25, 0.3) is 0 Å². The maximum atomic E-state index is 8.52. The van der Waals surface area contributed by atoms with Crippen LogP contribution in [0.4, 0.5) is 0 Å². The van der Waals surface area contributed by atoms with Gasteiger partial charge in [0, 0.05) is 0 Å². The number of hydrogen-bond acceptors (Lipinski definition) is 2. The molecule has 0 heterocycles. The van der Waals surface area contributed by atoms with Gasteiger partial charge >= 0.3 is 0 Å². The second kappa shape index (κ2) is 3.70. The highest BCUT2D eigenvalue weighted by molar-refractivity contribution is 7.25. The van der Waals surface area contributed by atoms with E-state index in [1.54, 1.807) is 0 Å². The molecular formula is C8H11O2P. The molecule has 1 rings (SSSR count). The van der Waals surface area contributed by atoms with Crippen LogP contribution in [0.5, 0.6) is 5.75 Å². The molecule has 1 N–H and O–H groups in total. The molecule has 1 aromatic rings. The van der Waals surface area contributed by atoms with E-state index in [1.165, 1.54) is 5.56 Å². The van der Waals surface area contributed by atoms with E-state index in [-0.39, 0.29) is 0 Å². The largest absolute Gasteiger partial charge is 0.450 e. The van der Waals surface area contributed by atoms with Crippen LogP contribution in [-0.2, 0) is 0 Å². The zero-order valence-corrected chi connectivity index (χ0v) is 7.59. The van der Waals surface area contributed by atoms with Crippen molar-refractivity contribution >= 4 is 9.03 Å². The average Bonchev–Trinajstić information content (AvgIpc) is 1.95. The SMILES string of the molecule is Cc1ccc(OPO)c(C)c1. The zero-order valence-electron chi connectivity index (χ0n) is 6.59. The van der Waals surface area contributed by atoms with Gasteiger partial charge in [0.05, 0.1) is 0 Å². The summed E-state index contributed by atoms with van der Waals surface area (Å²) in [5.41, 5.74) is 2.27. The maximum Gasteiger partial charge on any atom is 0.212 e. The van der Waals surface area contributed by atoms with Crippen molar-refractivity contribution in [3.8, 4) is 5.75 Å². The fourth-order valence-corrected chi connectivity index (χ4v) is 1.29. The Balaban J connectivity index is 2.90. The molecule has 3 heteroatoms. The highest BCUT2D eigenvalue weighted by Crippen LogP contribution is 2.23. The van der Waals surface area contributed by atoms with Gasteiger partial charge in [0.2, 0.25) is 9.03 Å². The number of aryl methyl sites for hydroxylation is 2. The van der Waals surface area contributed by atoms with Crippen molar-refractivity contribution in [2.75, 3.05) is 0 Å². The Kier molecular flexibility index (Phi) is 2.86. The van der Waals surface area contributed by atoms with E-state index in [4.69, 9.17) is 9.42 Å². The second-order valence-electron chi connectivity index (χ2n) is 2.46. The Hall–Kier alpha value is -0.590. The average molecular weight is 170 g/mol. The summed E-state index contributed by atoms with van der Waals surface area (Å²) in [6, 6.07) is 5.85. The van der Waals surface area contributed by atoms with Gasteiger partial charge in [-0.2, -0.15) is 0 Å². The third kappa shape index (κ3) is 2.18. The summed E-state index contributed by atoms with van der Waals surface area (Å²) in [5.74, 6) is 0.761. The highest BCUT2D eigenvalue weighted by Gasteiger charge is 1.97. The Morgan fingerprint density at radius 2 is 2.09 bits per heavy atom. The Morgan fingerprint density at radius 1 is 1.36 bits per heavy atom. The molecule has 0 saturated heterocycles. The van der Waals surface area contributed by atoms with Gasteiger partial charge in [-0.25, -0.2) is 0 Å². The van der Waals surface area contributed by atoms with E-state index in [1.807, 2.05) is 32.0 Å². The van der Waals surface area contributed by atoms with Gasteiger partial charge in [0.25, 0.3) is 0 Å². The summed E-state index contributed by atoms with van der Waals surface area (Å²) in [7, 11) is -0.472. The van der Waals surface area contributed by atoms with E-state index in [0.717, 1.165) is 11.3 Å². The fraction of sp³-hybridized carbons (Fsp3) is 0.250. The molecule has 0 aliphatic heterocycles. The molecule has 0 spiro atoms. The molecule has 1 aromatic carbocycles. The topological polar surface area (TPSA) is 29.5 Å². The third-order valence-corrected chi connectivity index (χ3v) is 1.80. The minimum Gasteiger partial charge on any atom is -0.450 e. The normalized spacial score (nSPS) is 10.8. The fourth-order valence-electron chi connectivity index (χ4n) is 0.963. The van der Waals surface area contributed by atoms with Gasteiger partial charge in [0.1, 0.15) is 5.75 Å². The summed E-state index contributed by atoms with van der Waals surface area (Å²) in [6.45, 7) is 3.99. The van der Waals surface area contributed by atoms with Gasteiger partial charge in [0.15, 0.2) is 0 Å². The van der Waals surface area contributed by atoms with Crippen LogP contribution in [0, 0.1) is 13.8 Å². The third-order valence-electron chi connectivity index (χ3n) is 1.49. The van der Waals surface area contributed by atoms with Crippen LogP contribution in [0.2, 0.25) is 0 Å². The summed E-state index contributed by atoms with van der Waals surface area (Å²) in [6.07, 6.45) is 0. The lowest BCUT2D eigenvalue weighted by Crippen LogP contribution is -1.83. The van der Waals surface area contributed by atoms with Crippen LogP contribution in [0.1, 0.15) is 11.1 Å². The maximum absolute atomic E-state index is 8.52. The predicted octanol–water partition coefficient (Wildman–Crippen LogP) is 2.18. The van der Waals surface area contributed by atoms with Crippen molar-refractivity contribution in [3.63, 3.8) is 0 Å². The van der Waals surface area contributed by atoms with Crippen molar-refractivity contribution in [3.05, 3.63) is 29.3 Å². The standard InChI is InChI=1S/C8H11O2P/c1-6-3-4-8(10-11-9)7(2)5-6/h3-5,9,11H,1-2H3. The van der Waals surface area contributed by atoms with Crippen molar-refractivity contribution in [1.82, 2.24) is 0 Å². The minimum absolute atomic E-state index is 0.472. The lowest BCUT2D eigenvalue weighted by molar-refractivity contribution is 0.512. The van der Waals surface area contributed by atoms with Crippen molar-refractivity contribution in [1.29, 1.82) is 0 Å². The molecule has 1 unspecified atom stereocenters. The van der Waals surface area contributed by atoms with Crippen molar-refractivity contribution < 1.29 is 9.42 Å². The molecule has 0 aliphatic carbocycles. The first-order valence-electron chi connectivity index (χ1n) is 3.37. The molecule has 1 atom stereocenters. The molecule has 0 aromatic heterocycles. The van der Waals surface area contributed by atoms with Crippen LogP contribution in [-0.4, -0.2) is 4.89 Å². The monoisotopic (exact) mass is 170 g/mol. The Labute approximate surface area is 68.2 Å². The van der Waals surface area contributed by atoms with Crippen LogP contribution in [0.15, 0.2) is 18.2 Å². The first-order valence-corrected chi connectivity index (χ1v) is 4.23. The quantitative estimate of drug-likeness (QED) is 0.689. The molecule has 0 amide bonds. The molecule has 60 valence electrons. The molecular weight excluding hydrogens is 159 g/mol. The number of hydrogen-bond donors (Lipinski definition) is 1. The van der Waals surface area contributed by atoms with Gasteiger partial charge in [-0.15, -0.1) is 0 Å². The molecule has 0 bridgehead atoms. The lowest BCUT2D eigenvalue weighted by atomic mass is 10.1. The summed E-state index contributed by atoms with van der Waals surface area (Å²) >= 11 is 0. The van der Waals surface area contributed by atoms with Gasteiger partial charge in [-0.3, -0.25) is 0 Å². The van der Waals surface area contributed by atoms with E-state index >= 15 is 0 Å². The molecule has 0 fully saturated rings. The molecule has 11 heavy (non-hydrogen) atoms. The summed E-state index contributed by atoms with van der Waals surface area (Å²) in [4.78, 5) is 8.52. The lowest BCUT2D eigenvalue weighted by Gasteiger charge is -2.04. The first-order chi connectivity index (χ1) is 5.24.